The fourth-order valence-corrected chi connectivity index (χ4v) is 7.61. The minimum absolute atomic E-state index is 0.146. The Bertz CT molecular complexity index is 895. The lowest BCUT2D eigenvalue weighted by Crippen LogP contribution is -2.40. The maximum absolute atomic E-state index is 14.0. The number of rotatable bonds is 9. The number of nitrogens with zero attached hydrogens (tertiary/aromatic N) is 1. The molecule has 4 unspecified atom stereocenters. The van der Waals surface area contributed by atoms with E-state index in [-0.39, 0.29) is 17.6 Å². The first-order valence-corrected chi connectivity index (χ1v) is 14.6. The number of carbonyl (C=O) groups excluding carboxylic acids is 1. The van der Waals surface area contributed by atoms with Gasteiger partial charge in [0.05, 0.1) is 5.92 Å². The van der Waals surface area contributed by atoms with Gasteiger partial charge in [0.1, 0.15) is 29.0 Å². The van der Waals surface area contributed by atoms with Crippen LogP contribution >= 0.6 is 0 Å². The molecular weight excluding hydrogens is 456 g/mol. The van der Waals surface area contributed by atoms with E-state index in [2.05, 4.69) is 6.92 Å². The van der Waals surface area contributed by atoms with Crippen molar-refractivity contribution in [1.82, 2.24) is 0 Å². The standard InChI is InChI=1S/C31H43F2NO2/c1-2-3-4-5-6-8-21-11-13-22(14-12-21)23-15-16-26-24(17-23)9-7-10-27(26)31(35)36-25-18-29(32)28(20-34)30(33)19-25/h18-19,21-24,26-27H,2-17H2,1H3. The first kappa shape index (κ1) is 27.1. The maximum atomic E-state index is 14.0. The molecule has 1 aromatic carbocycles. The first-order valence-electron chi connectivity index (χ1n) is 14.6. The largest absolute Gasteiger partial charge is 0.426 e. The van der Waals surface area contributed by atoms with E-state index in [1.165, 1.54) is 89.5 Å². The van der Waals surface area contributed by atoms with Crippen LogP contribution in [0, 0.1) is 58.5 Å². The summed E-state index contributed by atoms with van der Waals surface area (Å²) < 4.78 is 33.4. The van der Waals surface area contributed by atoms with Crippen molar-refractivity contribution in [2.45, 2.75) is 110 Å². The van der Waals surface area contributed by atoms with Gasteiger partial charge in [-0.1, -0.05) is 71.1 Å². The number of carbonyl (C=O) groups is 1. The van der Waals surface area contributed by atoms with Gasteiger partial charge >= 0.3 is 5.97 Å². The smallest absolute Gasteiger partial charge is 0.314 e. The molecule has 36 heavy (non-hydrogen) atoms. The molecule has 3 aliphatic carbocycles. The van der Waals surface area contributed by atoms with E-state index in [0.29, 0.717) is 11.8 Å². The van der Waals surface area contributed by atoms with Gasteiger partial charge in [0.2, 0.25) is 0 Å². The van der Waals surface area contributed by atoms with Gasteiger partial charge in [-0.05, 0) is 68.1 Å². The Morgan fingerprint density at radius 1 is 0.917 bits per heavy atom. The fraction of sp³-hybridized carbons (Fsp3) is 0.742. The zero-order valence-corrected chi connectivity index (χ0v) is 22.0. The second kappa shape index (κ2) is 13.0. The zero-order chi connectivity index (χ0) is 25.5. The summed E-state index contributed by atoms with van der Waals surface area (Å²) in [5.74, 6) is 0.739. The van der Waals surface area contributed by atoms with Crippen molar-refractivity contribution < 1.29 is 18.3 Å². The number of esters is 1. The predicted octanol–water partition coefficient (Wildman–Crippen LogP) is 8.74. The number of nitriles is 1. The molecule has 0 amide bonds. The van der Waals surface area contributed by atoms with E-state index >= 15 is 0 Å². The number of hydrogen-bond acceptors (Lipinski definition) is 3. The molecule has 0 bridgehead atoms. The van der Waals surface area contributed by atoms with Crippen molar-refractivity contribution >= 4 is 5.97 Å². The molecule has 1 aromatic rings. The van der Waals surface area contributed by atoms with Crippen molar-refractivity contribution in [3.8, 4) is 11.8 Å². The van der Waals surface area contributed by atoms with Gasteiger partial charge in [-0.25, -0.2) is 8.78 Å². The third kappa shape index (κ3) is 6.67. The number of unbranched alkanes of at least 4 members (excludes halogenated alkanes) is 4. The van der Waals surface area contributed by atoms with Gasteiger partial charge in [0, 0.05) is 12.1 Å². The number of ether oxygens (including phenoxy) is 1. The quantitative estimate of drug-likeness (QED) is 0.194. The molecule has 0 saturated heterocycles. The average molecular weight is 500 g/mol. The lowest BCUT2D eigenvalue weighted by Gasteiger charge is -2.46. The molecule has 5 heteroatoms. The van der Waals surface area contributed by atoms with Crippen LogP contribution in [0.3, 0.4) is 0 Å². The molecule has 4 rings (SSSR count). The van der Waals surface area contributed by atoms with Crippen molar-refractivity contribution in [2.24, 2.45) is 35.5 Å². The van der Waals surface area contributed by atoms with Crippen LogP contribution in [-0.2, 0) is 4.79 Å². The monoisotopic (exact) mass is 499 g/mol. The van der Waals surface area contributed by atoms with Crippen LogP contribution in [0.1, 0.15) is 115 Å². The summed E-state index contributed by atoms with van der Waals surface area (Å²) in [6.07, 6.45) is 20.3. The Hall–Kier alpha value is -1.96. The van der Waals surface area contributed by atoms with Crippen LogP contribution in [-0.4, -0.2) is 5.97 Å². The highest BCUT2D eigenvalue weighted by atomic mass is 19.1. The van der Waals surface area contributed by atoms with E-state index in [1.54, 1.807) is 0 Å². The molecule has 4 atom stereocenters. The Morgan fingerprint density at radius 2 is 1.61 bits per heavy atom. The van der Waals surface area contributed by atoms with Crippen LogP contribution in [0.25, 0.3) is 0 Å². The summed E-state index contributed by atoms with van der Waals surface area (Å²) in [5.41, 5.74) is -0.646. The van der Waals surface area contributed by atoms with E-state index < -0.39 is 17.2 Å². The van der Waals surface area contributed by atoms with Gasteiger partial charge < -0.3 is 4.74 Å². The Morgan fingerprint density at radius 3 is 2.31 bits per heavy atom. The molecule has 3 fully saturated rings. The molecule has 3 aliphatic rings. The molecule has 0 aliphatic heterocycles. The highest BCUT2D eigenvalue weighted by molar-refractivity contribution is 5.75. The minimum atomic E-state index is -0.992. The summed E-state index contributed by atoms with van der Waals surface area (Å²) >= 11 is 0. The molecule has 0 spiro atoms. The lowest BCUT2D eigenvalue weighted by atomic mass is 9.59. The summed E-state index contributed by atoms with van der Waals surface area (Å²) in [6, 6.07) is 3.39. The lowest BCUT2D eigenvalue weighted by molar-refractivity contribution is -0.144. The van der Waals surface area contributed by atoms with Gasteiger partial charge in [0.15, 0.2) is 0 Å². The third-order valence-corrected chi connectivity index (χ3v) is 9.61. The maximum Gasteiger partial charge on any atom is 0.314 e. The minimum Gasteiger partial charge on any atom is -0.426 e. The van der Waals surface area contributed by atoms with Gasteiger partial charge in [-0.3, -0.25) is 4.79 Å². The van der Waals surface area contributed by atoms with E-state index in [9.17, 15) is 13.6 Å². The highest BCUT2D eigenvalue weighted by Gasteiger charge is 2.43. The first-order chi connectivity index (χ1) is 17.5. The molecule has 0 heterocycles. The Kier molecular flexibility index (Phi) is 9.80. The Balaban J connectivity index is 1.26. The second-order valence-corrected chi connectivity index (χ2v) is 11.8. The van der Waals surface area contributed by atoms with Crippen LogP contribution in [0.15, 0.2) is 12.1 Å². The van der Waals surface area contributed by atoms with Crippen molar-refractivity contribution in [2.75, 3.05) is 0 Å². The number of benzene rings is 1. The topological polar surface area (TPSA) is 50.1 Å². The van der Waals surface area contributed by atoms with Gasteiger partial charge in [-0.2, -0.15) is 5.26 Å². The fourth-order valence-electron chi connectivity index (χ4n) is 7.61. The molecule has 0 N–H and O–H groups in total. The summed E-state index contributed by atoms with van der Waals surface area (Å²) in [5, 5.41) is 8.86. The number of fused-ring (bicyclic) bond motifs is 1. The van der Waals surface area contributed by atoms with E-state index in [1.807, 2.05) is 0 Å². The molecule has 198 valence electrons. The normalized spacial score (nSPS) is 30.3. The van der Waals surface area contributed by atoms with Crippen molar-refractivity contribution in [3.05, 3.63) is 29.3 Å². The third-order valence-electron chi connectivity index (χ3n) is 9.61. The van der Waals surface area contributed by atoms with Gasteiger partial charge in [0.25, 0.3) is 0 Å². The summed E-state index contributed by atoms with van der Waals surface area (Å²) in [4.78, 5) is 13.0. The predicted molar refractivity (Wildman–Crippen MR) is 137 cm³/mol. The van der Waals surface area contributed by atoms with Crippen molar-refractivity contribution in [1.29, 1.82) is 5.26 Å². The second-order valence-electron chi connectivity index (χ2n) is 11.8. The summed E-state index contributed by atoms with van der Waals surface area (Å²) in [6.45, 7) is 2.27. The van der Waals surface area contributed by atoms with Crippen LogP contribution in [0.5, 0.6) is 5.75 Å². The van der Waals surface area contributed by atoms with E-state index in [4.69, 9.17) is 10.00 Å². The van der Waals surface area contributed by atoms with Crippen LogP contribution in [0.4, 0.5) is 8.78 Å². The number of halogens is 2. The molecule has 0 radical (unpaired) electrons. The highest BCUT2D eigenvalue weighted by Crippen LogP contribution is 2.50. The number of hydrogen-bond donors (Lipinski definition) is 0. The molecule has 3 nitrogen and oxygen atoms in total. The molecule has 0 aromatic heterocycles. The zero-order valence-electron chi connectivity index (χ0n) is 22.0. The summed E-state index contributed by atoms with van der Waals surface area (Å²) in [7, 11) is 0. The SMILES string of the molecule is CCCCCCCC1CCC(C2CCC3C(CCCC3C(=O)Oc3cc(F)c(C#N)c(F)c3)C2)CC1. The molecular formula is C31H43F2NO2. The molecule has 3 saturated carbocycles. The van der Waals surface area contributed by atoms with Crippen LogP contribution < -0.4 is 4.74 Å². The van der Waals surface area contributed by atoms with Crippen LogP contribution in [0.2, 0.25) is 0 Å². The van der Waals surface area contributed by atoms with Gasteiger partial charge in [-0.15, -0.1) is 0 Å². The Labute approximate surface area is 216 Å². The van der Waals surface area contributed by atoms with E-state index in [0.717, 1.165) is 49.1 Å². The average Bonchev–Trinajstić information content (AvgIpc) is 2.88. The van der Waals surface area contributed by atoms with Crippen molar-refractivity contribution in [3.63, 3.8) is 0 Å².